The lowest BCUT2D eigenvalue weighted by Crippen LogP contribution is -2.32. The molecule has 0 bridgehead atoms. The number of hydrogen-bond acceptors (Lipinski definition) is 5. The highest BCUT2D eigenvalue weighted by molar-refractivity contribution is 5.48. The normalized spacial score (nSPS) is 14.0. The Hall–Kier alpha value is -2.86. The average molecular weight is 363 g/mol. The summed E-state index contributed by atoms with van der Waals surface area (Å²) in [7, 11) is 3.37. The summed E-state index contributed by atoms with van der Waals surface area (Å²) in [5.74, 6) is 1.62. The van der Waals surface area contributed by atoms with E-state index in [0.717, 1.165) is 49.7 Å². The standard InChI is InChI=1S/C21H23N4O2/c1-26-20-13-17-8-11-24(15-18(17)14-21(20)27-2)10-7-16-3-5-19(6-4-16)25-12-9-22-23-25/h3-6,12-14H,7-8,10-11,15H2,1-2H3. The molecule has 2 aromatic carbocycles. The van der Waals surface area contributed by atoms with Crippen molar-refractivity contribution in [1.29, 1.82) is 0 Å². The van der Waals surface area contributed by atoms with E-state index in [9.17, 15) is 0 Å². The number of aromatic nitrogens is 3. The van der Waals surface area contributed by atoms with Crippen molar-refractivity contribution < 1.29 is 9.47 Å². The third-order valence-electron chi connectivity index (χ3n) is 5.09. The Kier molecular flexibility index (Phi) is 5.07. The summed E-state index contributed by atoms with van der Waals surface area (Å²) in [6.07, 6.45) is 6.50. The molecule has 0 atom stereocenters. The molecule has 0 aliphatic carbocycles. The van der Waals surface area contributed by atoms with Crippen molar-refractivity contribution >= 4 is 0 Å². The van der Waals surface area contributed by atoms with Crippen LogP contribution in [0.25, 0.3) is 5.69 Å². The molecular weight excluding hydrogens is 340 g/mol. The Morgan fingerprint density at radius 1 is 1.04 bits per heavy atom. The average Bonchev–Trinajstić information content (AvgIpc) is 3.26. The number of fused-ring (bicyclic) bond motifs is 1. The maximum atomic E-state index is 5.45. The van der Waals surface area contributed by atoms with E-state index < -0.39 is 0 Å². The van der Waals surface area contributed by atoms with Crippen molar-refractivity contribution in [3.05, 3.63) is 65.5 Å². The highest BCUT2D eigenvalue weighted by Gasteiger charge is 2.19. The van der Waals surface area contributed by atoms with Crippen LogP contribution in [-0.4, -0.2) is 47.2 Å². The molecule has 0 spiro atoms. The molecule has 0 fully saturated rings. The molecule has 0 amide bonds. The summed E-state index contributed by atoms with van der Waals surface area (Å²) in [5, 5.41) is 7.69. The van der Waals surface area contributed by atoms with Crippen LogP contribution in [0, 0.1) is 6.20 Å². The van der Waals surface area contributed by atoms with Crippen LogP contribution in [0.5, 0.6) is 11.5 Å². The van der Waals surface area contributed by atoms with Gasteiger partial charge in [-0.1, -0.05) is 17.3 Å². The van der Waals surface area contributed by atoms with Gasteiger partial charge in [0.25, 0.3) is 0 Å². The third-order valence-corrected chi connectivity index (χ3v) is 5.09. The van der Waals surface area contributed by atoms with Gasteiger partial charge in [-0.25, -0.2) is 4.68 Å². The van der Waals surface area contributed by atoms with Crippen molar-refractivity contribution in [1.82, 2.24) is 19.9 Å². The van der Waals surface area contributed by atoms with Gasteiger partial charge in [-0.15, -0.1) is 5.10 Å². The second kappa shape index (κ2) is 7.80. The smallest absolute Gasteiger partial charge is 0.161 e. The summed E-state index contributed by atoms with van der Waals surface area (Å²) >= 11 is 0. The fourth-order valence-electron chi connectivity index (χ4n) is 3.54. The Morgan fingerprint density at radius 2 is 1.78 bits per heavy atom. The molecule has 0 unspecified atom stereocenters. The predicted octanol–water partition coefficient (Wildman–Crippen LogP) is 2.69. The summed E-state index contributed by atoms with van der Waals surface area (Å²) < 4.78 is 12.6. The molecular formula is C21H23N4O2. The lowest BCUT2D eigenvalue weighted by Gasteiger charge is -2.29. The predicted molar refractivity (Wildman–Crippen MR) is 102 cm³/mol. The molecule has 6 heteroatoms. The second-order valence-electron chi connectivity index (χ2n) is 6.71. The molecule has 3 aromatic rings. The van der Waals surface area contributed by atoms with E-state index in [2.05, 4.69) is 57.8 Å². The summed E-state index contributed by atoms with van der Waals surface area (Å²) in [4.78, 5) is 2.49. The van der Waals surface area contributed by atoms with Gasteiger partial charge in [0.05, 0.1) is 26.1 Å². The van der Waals surface area contributed by atoms with Crippen LogP contribution in [-0.2, 0) is 19.4 Å². The Morgan fingerprint density at radius 3 is 2.44 bits per heavy atom. The highest BCUT2D eigenvalue weighted by atomic mass is 16.5. The number of benzene rings is 2. The molecule has 0 saturated heterocycles. The molecule has 4 rings (SSSR count). The van der Waals surface area contributed by atoms with Crippen molar-refractivity contribution in [3.63, 3.8) is 0 Å². The molecule has 0 N–H and O–H groups in total. The summed E-state index contributed by atoms with van der Waals surface area (Å²) in [5.41, 5.74) is 5.01. The first-order valence-corrected chi connectivity index (χ1v) is 9.10. The van der Waals surface area contributed by atoms with Crippen molar-refractivity contribution in [2.45, 2.75) is 19.4 Å². The van der Waals surface area contributed by atoms with Crippen LogP contribution < -0.4 is 9.47 Å². The van der Waals surface area contributed by atoms with E-state index in [4.69, 9.17) is 9.47 Å². The first-order chi connectivity index (χ1) is 13.3. The zero-order valence-electron chi connectivity index (χ0n) is 15.7. The van der Waals surface area contributed by atoms with Gasteiger partial charge in [-0.05, 0) is 53.8 Å². The molecule has 1 aromatic heterocycles. The Balaban J connectivity index is 1.39. The molecule has 2 heterocycles. The van der Waals surface area contributed by atoms with Crippen LogP contribution in [0.2, 0.25) is 0 Å². The zero-order valence-corrected chi connectivity index (χ0v) is 15.7. The monoisotopic (exact) mass is 363 g/mol. The van der Waals surface area contributed by atoms with Crippen molar-refractivity contribution in [2.75, 3.05) is 27.3 Å². The minimum absolute atomic E-state index is 0.805. The number of rotatable bonds is 6. The van der Waals surface area contributed by atoms with E-state index in [-0.39, 0.29) is 0 Å². The van der Waals surface area contributed by atoms with E-state index in [1.54, 1.807) is 25.1 Å². The summed E-state index contributed by atoms with van der Waals surface area (Å²) in [6.45, 7) is 3.04. The van der Waals surface area contributed by atoms with Crippen LogP contribution in [0.3, 0.4) is 0 Å². The van der Waals surface area contributed by atoms with E-state index in [1.165, 1.54) is 16.7 Å². The minimum Gasteiger partial charge on any atom is -0.493 e. The van der Waals surface area contributed by atoms with Gasteiger partial charge >= 0.3 is 0 Å². The van der Waals surface area contributed by atoms with Gasteiger partial charge in [0, 0.05) is 19.6 Å². The van der Waals surface area contributed by atoms with Gasteiger partial charge in [-0.2, -0.15) is 0 Å². The van der Waals surface area contributed by atoms with Gasteiger partial charge in [0.2, 0.25) is 0 Å². The fourth-order valence-corrected chi connectivity index (χ4v) is 3.54. The molecule has 0 saturated carbocycles. The van der Waals surface area contributed by atoms with Gasteiger partial charge in [0.1, 0.15) is 6.20 Å². The Labute approximate surface area is 159 Å². The van der Waals surface area contributed by atoms with E-state index in [0.29, 0.717) is 0 Å². The first-order valence-electron chi connectivity index (χ1n) is 9.10. The highest BCUT2D eigenvalue weighted by Crippen LogP contribution is 2.33. The van der Waals surface area contributed by atoms with Crippen molar-refractivity contribution in [3.8, 4) is 17.2 Å². The first kappa shape index (κ1) is 17.5. The van der Waals surface area contributed by atoms with Crippen LogP contribution in [0.15, 0.2) is 42.6 Å². The maximum Gasteiger partial charge on any atom is 0.161 e. The third kappa shape index (κ3) is 3.80. The fraction of sp³-hybridized carbons (Fsp3) is 0.333. The van der Waals surface area contributed by atoms with Crippen LogP contribution >= 0.6 is 0 Å². The van der Waals surface area contributed by atoms with E-state index in [1.807, 2.05) is 0 Å². The number of hydrogen-bond donors (Lipinski definition) is 0. The SMILES string of the molecule is COc1cc2c(cc1OC)CN(CCc1ccc(-n3c[c]nn3)cc1)CC2. The van der Waals surface area contributed by atoms with Crippen molar-refractivity contribution in [2.24, 2.45) is 0 Å². The minimum atomic E-state index is 0.805. The molecule has 1 aliphatic heterocycles. The zero-order chi connectivity index (χ0) is 18.6. The molecule has 1 radical (unpaired) electrons. The quantitative estimate of drug-likeness (QED) is 0.674. The molecule has 139 valence electrons. The lowest BCUT2D eigenvalue weighted by atomic mass is 9.98. The molecule has 27 heavy (non-hydrogen) atoms. The largest absolute Gasteiger partial charge is 0.493 e. The number of ether oxygens (including phenoxy) is 2. The maximum absolute atomic E-state index is 5.45. The number of methoxy groups -OCH3 is 2. The lowest BCUT2D eigenvalue weighted by molar-refractivity contribution is 0.255. The number of nitrogens with zero attached hydrogens (tertiary/aromatic N) is 4. The molecule has 6 nitrogen and oxygen atoms in total. The topological polar surface area (TPSA) is 52.4 Å². The Bertz CT molecular complexity index is 891. The van der Waals surface area contributed by atoms with E-state index >= 15 is 0 Å². The van der Waals surface area contributed by atoms with Gasteiger partial charge in [0.15, 0.2) is 11.5 Å². The van der Waals surface area contributed by atoms with Crippen LogP contribution in [0.4, 0.5) is 0 Å². The molecule has 1 aliphatic rings. The van der Waals surface area contributed by atoms with Crippen LogP contribution in [0.1, 0.15) is 16.7 Å². The van der Waals surface area contributed by atoms with Gasteiger partial charge in [-0.3, -0.25) is 4.90 Å². The summed E-state index contributed by atoms with van der Waals surface area (Å²) in [6, 6.07) is 12.7. The van der Waals surface area contributed by atoms with Gasteiger partial charge < -0.3 is 9.47 Å². The second-order valence-corrected chi connectivity index (χ2v) is 6.71.